The molecule has 98 valence electrons. The van der Waals surface area contributed by atoms with E-state index in [4.69, 9.17) is 4.74 Å². The molecular weight excluding hydrogens is 236 g/mol. The lowest BCUT2D eigenvalue weighted by atomic mass is 10.2. The van der Waals surface area contributed by atoms with Crippen molar-refractivity contribution in [3.05, 3.63) is 53.3 Å². The van der Waals surface area contributed by atoms with Gasteiger partial charge < -0.3 is 4.74 Å². The highest BCUT2D eigenvalue weighted by Crippen LogP contribution is 2.02. The quantitative estimate of drug-likeness (QED) is 0.467. The number of hydrogen-bond acceptors (Lipinski definition) is 2. The molecule has 0 fully saturated rings. The molecule has 0 aromatic heterocycles. The molecule has 0 saturated carbocycles. The molecule has 0 aliphatic carbocycles. The van der Waals surface area contributed by atoms with Crippen LogP contribution in [0.1, 0.15) is 32.3 Å². The van der Waals surface area contributed by atoms with Crippen LogP contribution in [-0.4, -0.2) is 12.6 Å². The van der Waals surface area contributed by atoms with E-state index in [1.165, 1.54) is 5.57 Å². The van der Waals surface area contributed by atoms with Gasteiger partial charge in [0.2, 0.25) is 0 Å². The Hall–Kier alpha value is -2.23. The van der Waals surface area contributed by atoms with Gasteiger partial charge in [0.15, 0.2) is 0 Å². The summed E-state index contributed by atoms with van der Waals surface area (Å²) in [5, 5.41) is 0. The van der Waals surface area contributed by atoms with E-state index in [2.05, 4.69) is 31.4 Å². The van der Waals surface area contributed by atoms with Crippen molar-refractivity contribution in [1.82, 2.24) is 0 Å². The minimum absolute atomic E-state index is 0.214. The first-order chi connectivity index (χ1) is 9.26. The summed E-state index contributed by atoms with van der Waals surface area (Å²) in [6.07, 6.45) is 3.66. The van der Waals surface area contributed by atoms with Crippen molar-refractivity contribution in [3.8, 4) is 11.8 Å². The summed E-state index contributed by atoms with van der Waals surface area (Å²) in [4.78, 5) is 11.3. The Labute approximate surface area is 114 Å². The molecule has 0 aliphatic rings. The molecule has 0 unspecified atom stereocenters. The van der Waals surface area contributed by atoms with E-state index in [1.54, 1.807) is 6.08 Å². The van der Waals surface area contributed by atoms with Gasteiger partial charge in [0.05, 0.1) is 0 Å². The van der Waals surface area contributed by atoms with Gasteiger partial charge in [0.1, 0.15) is 6.61 Å². The van der Waals surface area contributed by atoms with Crippen LogP contribution in [0.3, 0.4) is 0 Å². The summed E-state index contributed by atoms with van der Waals surface area (Å²) in [7, 11) is 0. The Kier molecular flexibility index (Phi) is 6.87. The monoisotopic (exact) mass is 254 g/mol. The zero-order chi connectivity index (χ0) is 13.9. The highest BCUT2D eigenvalue weighted by Gasteiger charge is 1.93. The van der Waals surface area contributed by atoms with Crippen molar-refractivity contribution in [3.63, 3.8) is 0 Å². The molecule has 0 bridgehead atoms. The van der Waals surface area contributed by atoms with Crippen molar-refractivity contribution < 1.29 is 9.53 Å². The number of hydrogen-bond donors (Lipinski definition) is 0. The summed E-state index contributed by atoms with van der Waals surface area (Å²) in [5.74, 6) is 4.68. The lowest BCUT2D eigenvalue weighted by molar-refractivity contribution is -0.135. The molecule has 0 aliphatic heterocycles. The Morgan fingerprint density at radius 3 is 2.53 bits per heavy atom. The van der Waals surface area contributed by atoms with Gasteiger partial charge in [-0.1, -0.05) is 38.0 Å². The molecule has 19 heavy (non-hydrogen) atoms. The minimum atomic E-state index is -0.517. The third-order valence-corrected chi connectivity index (χ3v) is 2.54. The molecule has 0 N–H and O–H groups in total. The number of ether oxygens (including phenoxy) is 1. The van der Waals surface area contributed by atoms with Crippen LogP contribution >= 0.6 is 0 Å². The van der Waals surface area contributed by atoms with Crippen LogP contribution in [-0.2, 0) is 9.53 Å². The zero-order valence-electron chi connectivity index (χ0n) is 11.4. The van der Waals surface area contributed by atoms with Crippen LogP contribution in [0.5, 0.6) is 0 Å². The topological polar surface area (TPSA) is 26.3 Å². The van der Waals surface area contributed by atoms with E-state index >= 15 is 0 Å². The van der Waals surface area contributed by atoms with Crippen LogP contribution in [0.25, 0.3) is 0 Å². The molecule has 0 spiro atoms. The fraction of sp³-hybridized carbons (Fsp3) is 0.294. The predicted molar refractivity (Wildman–Crippen MR) is 76.5 cm³/mol. The summed E-state index contributed by atoms with van der Waals surface area (Å²) in [6, 6.07) is 9.34. The van der Waals surface area contributed by atoms with Gasteiger partial charge in [0, 0.05) is 11.5 Å². The second-order valence-corrected chi connectivity index (χ2v) is 3.87. The summed E-state index contributed by atoms with van der Waals surface area (Å²) >= 11 is 0. The van der Waals surface area contributed by atoms with Crippen LogP contribution in [0.2, 0.25) is 0 Å². The lowest BCUT2D eigenvalue weighted by Gasteiger charge is -1.94. The molecule has 1 aromatic carbocycles. The summed E-state index contributed by atoms with van der Waals surface area (Å²) < 4.78 is 4.96. The minimum Gasteiger partial charge on any atom is -0.451 e. The van der Waals surface area contributed by atoms with Crippen LogP contribution < -0.4 is 0 Å². The zero-order valence-corrected chi connectivity index (χ0v) is 11.4. The third-order valence-electron chi connectivity index (χ3n) is 2.54. The molecule has 0 heterocycles. The van der Waals surface area contributed by atoms with Crippen molar-refractivity contribution in [1.29, 1.82) is 0 Å². The number of carbonyl (C=O) groups is 1. The van der Waals surface area contributed by atoms with E-state index in [9.17, 15) is 4.79 Å². The Bertz CT molecular complexity index is 517. The van der Waals surface area contributed by atoms with Crippen LogP contribution in [0.15, 0.2) is 47.7 Å². The molecule has 0 saturated heterocycles. The molecule has 1 rings (SSSR count). The number of benzene rings is 1. The number of carbonyl (C=O) groups excluding carboxylic acids is 1. The molecule has 0 amide bonds. The highest BCUT2D eigenvalue weighted by molar-refractivity contribution is 5.89. The van der Waals surface area contributed by atoms with Gasteiger partial charge in [-0.2, -0.15) is 0 Å². The summed E-state index contributed by atoms with van der Waals surface area (Å²) in [5.41, 5.74) is 5.13. The first-order valence-corrected chi connectivity index (χ1v) is 6.43. The van der Waals surface area contributed by atoms with Crippen molar-refractivity contribution in [2.45, 2.75) is 26.7 Å². The van der Waals surface area contributed by atoms with Gasteiger partial charge in [-0.15, -0.1) is 5.73 Å². The normalized spacial score (nSPS) is 8.74. The Morgan fingerprint density at radius 2 is 1.89 bits per heavy atom. The van der Waals surface area contributed by atoms with Crippen molar-refractivity contribution >= 4 is 5.97 Å². The van der Waals surface area contributed by atoms with Gasteiger partial charge in [-0.3, -0.25) is 0 Å². The maximum atomic E-state index is 11.3. The van der Waals surface area contributed by atoms with E-state index in [-0.39, 0.29) is 6.61 Å². The summed E-state index contributed by atoms with van der Waals surface area (Å²) in [6.45, 7) is 4.37. The second-order valence-electron chi connectivity index (χ2n) is 3.87. The molecular formula is C17H18O2. The largest absolute Gasteiger partial charge is 0.451 e. The van der Waals surface area contributed by atoms with Gasteiger partial charge >= 0.3 is 5.97 Å². The maximum Gasteiger partial charge on any atom is 0.385 e. The van der Waals surface area contributed by atoms with E-state index < -0.39 is 5.97 Å². The SMILES string of the molecule is CCC(=C=CCOC(=O)C#Cc1ccccc1)CC. The van der Waals surface area contributed by atoms with Crippen molar-refractivity contribution in [2.24, 2.45) is 0 Å². The van der Waals surface area contributed by atoms with E-state index in [1.807, 2.05) is 30.3 Å². The predicted octanol–water partition coefficient (Wildman–Crippen LogP) is 3.48. The molecule has 0 radical (unpaired) electrons. The van der Waals surface area contributed by atoms with E-state index in [0.29, 0.717) is 0 Å². The van der Waals surface area contributed by atoms with Gasteiger partial charge in [0.25, 0.3) is 0 Å². The fourth-order valence-corrected chi connectivity index (χ4v) is 1.44. The molecule has 2 nitrogen and oxygen atoms in total. The van der Waals surface area contributed by atoms with Gasteiger partial charge in [-0.25, -0.2) is 4.79 Å². The molecule has 1 aromatic rings. The first kappa shape index (κ1) is 14.8. The Morgan fingerprint density at radius 1 is 1.21 bits per heavy atom. The highest BCUT2D eigenvalue weighted by atomic mass is 16.5. The maximum absolute atomic E-state index is 11.3. The molecule has 2 heteroatoms. The Balaban J connectivity index is 2.45. The van der Waals surface area contributed by atoms with Crippen LogP contribution in [0, 0.1) is 11.8 Å². The lowest BCUT2D eigenvalue weighted by Crippen LogP contribution is -2.00. The second kappa shape index (κ2) is 8.80. The fourth-order valence-electron chi connectivity index (χ4n) is 1.44. The van der Waals surface area contributed by atoms with E-state index in [0.717, 1.165) is 18.4 Å². The van der Waals surface area contributed by atoms with Crippen molar-refractivity contribution in [2.75, 3.05) is 6.61 Å². The number of esters is 1. The third kappa shape index (κ3) is 6.31. The average Bonchev–Trinajstić information content (AvgIpc) is 2.46. The number of rotatable bonds is 4. The van der Waals surface area contributed by atoms with Crippen LogP contribution in [0.4, 0.5) is 0 Å². The standard InChI is InChI=1S/C17H18O2/c1-3-15(4-2)11-8-14-19-17(18)13-12-16-9-6-5-7-10-16/h5-10H,3-4,14H2,1-2H3. The smallest absolute Gasteiger partial charge is 0.385 e. The first-order valence-electron chi connectivity index (χ1n) is 6.43. The molecule has 0 atom stereocenters. The van der Waals surface area contributed by atoms with Gasteiger partial charge in [-0.05, 0) is 36.6 Å². The average molecular weight is 254 g/mol.